The first-order valence-corrected chi connectivity index (χ1v) is 7.36. The van der Waals surface area contributed by atoms with Crippen molar-refractivity contribution in [1.29, 1.82) is 0 Å². The Kier molecular flexibility index (Phi) is 5.89. The van der Waals surface area contributed by atoms with E-state index in [9.17, 15) is 4.79 Å². The lowest BCUT2D eigenvalue weighted by Crippen LogP contribution is -2.21. The highest BCUT2D eigenvalue weighted by atomic mass is 16.6. The SMILES string of the molecule is CCC(=O)OCC(C)Oc1ccc(NCc2ccco2)cc1. The number of hydrogen-bond donors (Lipinski definition) is 1. The fourth-order valence-electron chi connectivity index (χ4n) is 1.83. The summed E-state index contributed by atoms with van der Waals surface area (Å²) < 4.78 is 16.0. The van der Waals surface area contributed by atoms with Crippen LogP contribution in [0.4, 0.5) is 5.69 Å². The van der Waals surface area contributed by atoms with Crippen LogP contribution in [0.5, 0.6) is 5.75 Å². The zero-order valence-electron chi connectivity index (χ0n) is 12.9. The van der Waals surface area contributed by atoms with Crippen molar-refractivity contribution in [3.63, 3.8) is 0 Å². The Hall–Kier alpha value is -2.43. The third kappa shape index (κ3) is 5.16. The molecule has 5 heteroatoms. The van der Waals surface area contributed by atoms with Gasteiger partial charge in [-0.1, -0.05) is 6.92 Å². The van der Waals surface area contributed by atoms with E-state index in [0.717, 1.165) is 17.2 Å². The highest BCUT2D eigenvalue weighted by Gasteiger charge is 2.07. The van der Waals surface area contributed by atoms with E-state index in [1.165, 1.54) is 0 Å². The molecule has 118 valence electrons. The summed E-state index contributed by atoms with van der Waals surface area (Å²) in [5.41, 5.74) is 0.980. The molecule has 1 N–H and O–H groups in total. The molecule has 1 heterocycles. The van der Waals surface area contributed by atoms with Crippen LogP contribution in [0.25, 0.3) is 0 Å². The van der Waals surface area contributed by atoms with Crippen LogP contribution in [-0.2, 0) is 16.1 Å². The predicted octanol–water partition coefficient (Wildman–Crippen LogP) is 3.61. The molecule has 0 aliphatic heterocycles. The van der Waals surface area contributed by atoms with Crippen LogP contribution >= 0.6 is 0 Å². The van der Waals surface area contributed by atoms with E-state index < -0.39 is 0 Å². The maximum Gasteiger partial charge on any atom is 0.305 e. The van der Waals surface area contributed by atoms with Crippen LogP contribution in [0.2, 0.25) is 0 Å². The summed E-state index contributed by atoms with van der Waals surface area (Å²) in [5, 5.41) is 3.26. The summed E-state index contributed by atoms with van der Waals surface area (Å²) >= 11 is 0. The molecule has 0 saturated carbocycles. The van der Waals surface area contributed by atoms with Crippen molar-refractivity contribution in [3.05, 3.63) is 48.4 Å². The standard InChI is InChI=1S/C17H21NO4/c1-3-17(19)21-12-13(2)22-15-8-6-14(7-9-15)18-11-16-5-4-10-20-16/h4-10,13,18H,3,11-12H2,1-2H3. The highest BCUT2D eigenvalue weighted by molar-refractivity contribution is 5.68. The second-order valence-corrected chi connectivity index (χ2v) is 4.92. The van der Waals surface area contributed by atoms with Gasteiger partial charge in [0, 0.05) is 12.1 Å². The maximum absolute atomic E-state index is 11.1. The fourth-order valence-corrected chi connectivity index (χ4v) is 1.83. The summed E-state index contributed by atoms with van der Waals surface area (Å²) in [6.45, 7) is 4.52. The van der Waals surface area contributed by atoms with Crippen molar-refractivity contribution in [2.75, 3.05) is 11.9 Å². The molecule has 0 bridgehead atoms. The Morgan fingerprint density at radius 2 is 2.05 bits per heavy atom. The van der Waals surface area contributed by atoms with Gasteiger partial charge in [-0.3, -0.25) is 4.79 Å². The Morgan fingerprint density at radius 3 is 2.68 bits per heavy atom. The summed E-state index contributed by atoms with van der Waals surface area (Å²) in [5.74, 6) is 1.41. The number of ether oxygens (including phenoxy) is 2. The molecule has 0 fully saturated rings. The molecule has 2 aromatic rings. The average Bonchev–Trinajstić information content (AvgIpc) is 3.05. The molecule has 22 heavy (non-hydrogen) atoms. The number of carbonyl (C=O) groups is 1. The monoisotopic (exact) mass is 303 g/mol. The van der Waals surface area contributed by atoms with E-state index in [4.69, 9.17) is 13.9 Å². The van der Waals surface area contributed by atoms with Crippen molar-refractivity contribution < 1.29 is 18.7 Å². The number of hydrogen-bond acceptors (Lipinski definition) is 5. The second kappa shape index (κ2) is 8.12. The van der Waals surface area contributed by atoms with Crippen molar-refractivity contribution in [2.45, 2.75) is 32.9 Å². The zero-order chi connectivity index (χ0) is 15.8. The summed E-state index contributed by atoms with van der Waals surface area (Å²) in [7, 11) is 0. The molecule has 0 spiro atoms. The minimum absolute atomic E-state index is 0.183. The molecular weight excluding hydrogens is 282 g/mol. The van der Waals surface area contributed by atoms with Crippen molar-refractivity contribution in [3.8, 4) is 5.75 Å². The van der Waals surface area contributed by atoms with Crippen molar-refractivity contribution >= 4 is 11.7 Å². The zero-order valence-corrected chi connectivity index (χ0v) is 12.9. The van der Waals surface area contributed by atoms with E-state index in [1.807, 2.05) is 43.3 Å². The first kappa shape index (κ1) is 15.9. The van der Waals surface area contributed by atoms with Crippen LogP contribution in [0, 0.1) is 0 Å². The van der Waals surface area contributed by atoms with E-state index in [-0.39, 0.29) is 18.7 Å². The molecule has 0 saturated heterocycles. The molecule has 1 aromatic heterocycles. The van der Waals surface area contributed by atoms with Crippen LogP contribution < -0.4 is 10.1 Å². The van der Waals surface area contributed by atoms with Gasteiger partial charge in [0.25, 0.3) is 0 Å². The summed E-state index contributed by atoms with van der Waals surface area (Å²) in [6.07, 6.45) is 1.85. The third-order valence-corrected chi connectivity index (χ3v) is 3.01. The smallest absolute Gasteiger partial charge is 0.305 e. The molecule has 1 aromatic carbocycles. The van der Waals surface area contributed by atoms with Gasteiger partial charge in [-0.2, -0.15) is 0 Å². The first-order valence-electron chi connectivity index (χ1n) is 7.36. The lowest BCUT2D eigenvalue weighted by Gasteiger charge is -2.15. The number of nitrogens with one attached hydrogen (secondary N) is 1. The van der Waals surface area contributed by atoms with Gasteiger partial charge in [0.2, 0.25) is 0 Å². The molecule has 0 amide bonds. The number of benzene rings is 1. The van der Waals surface area contributed by atoms with E-state index in [0.29, 0.717) is 13.0 Å². The molecular formula is C17H21NO4. The van der Waals surface area contributed by atoms with Gasteiger partial charge in [0.1, 0.15) is 24.2 Å². The topological polar surface area (TPSA) is 60.7 Å². The van der Waals surface area contributed by atoms with Crippen LogP contribution in [0.3, 0.4) is 0 Å². The number of rotatable bonds is 8. The van der Waals surface area contributed by atoms with E-state index in [1.54, 1.807) is 13.2 Å². The Bertz CT molecular complexity index is 563. The molecule has 0 aliphatic rings. The van der Waals surface area contributed by atoms with Crippen molar-refractivity contribution in [1.82, 2.24) is 0 Å². The normalized spacial score (nSPS) is 11.7. The van der Waals surface area contributed by atoms with Crippen molar-refractivity contribution in [2.24, 2.45) is 0 Å². The summed E-state index contributed by atoms with van der Waals surface area (Å²) in [4.78, 5) is 11.1. The van der Waals surface area contributed by atoms with Crippen LogP contribution in [-0.4, -0.2) is 18.7 Å². The molecule has 5 nitrogen and oxygen atoms in total. The molecule has 0 aliphatic carbocycles. The van der Waals surface area contributed by atoms with Gasteiger partial charge in [0.05, 0.1) is 12.8 Å². The Balaban J connectivity index is 1.77. The van der Waals surface area contributed by atoms with Gasteiger partial charge in [-0.25, -0.2) is 0 Å². The van der Waals surface area contributed by atoms with Gasteiger partial charge in [0.15, 0.2) is 0 Å². The number of anilines is 1. The second-order valence-electron chi connectivity index (χ2n) is 4.92. The lowest BCUT2D eigenvalue weighted by atomic mass is 10.3. The van der Waals surface area contributed by atoms with Gasteiger partial charge >= 0.3 is 5.97 Å². The Labute approximate surface area is 130 Å². The highest BCUT2D eigenvalue weighted by Crippen LogP contribution is 2.18. The van der Waals surface area contributed by atoms with Crippen LogP contribution in [0.15, 0.2) is 47.1 Å². The van der Waals surface area contributed by atoms with Gasteiger partial charge < -0.3 is 19.2 Å². The minimum Gasteiger partial charge on any atom is -0.487 e. The lowest BCUT2D eigenvalue weighted by molar-refractivity contribution is -0.145. The maximum atomic E-state index is 11.1. The van der Waals surface area contributed by atoms with Gasteiger partial charge in [-0.15, -0.1) is 0 Å². The summed E-state index contributed by atoms with van der Waals surface area (Å²) in [6, 6.07) is 11.4. The molecule has 0 radical (unpaired) electrons. The largest absolute Gasteiger partial charge is 0.487 e. The van der Waals surface area contributed by atoms with E-state index >= 15 is 0 Å². The minimum atomic E-state index is -0.215. The molecule has 1 unspecified atom stereocenters. The fraction of sp³-hybridized carbons (Fsp3) is 0.353. The predicted molar refractivity (Wildman–Crippen MR) is 83.8 cm³/mol. The van der Waals surface area contributed by atoms with E-state index in [2.05, 4.69) is 5.32 Å². The molecule has 2 rings (SSSR count). The number of esters is 1. The third-order valence-electron chi connectivity index (χ3n) is 3.01. The van der Waals surface area contributed by atoms with Gasteiger partial charge in [-0.05, 0) is 43.3 Å². The number of furan rings is 1. The average molecular weight is 303 g/mol. The molecule has 1 atom stereocenters. The van der Waals surface area contributed by atoms with Crippen LogP contribution in [0.1, 0.15) is 26.0 Å². The Morgan fingerprint density at radius 1 is 1.27 bits per heavy atom. The number of carbonyl (C=O) groups excluding carboxylic acids is 1. The first-order chi connectivity index (χ1) is 10.7. The quantitative estimate of drug-likeness (QED) is 0.755.